The third-order valence-corrected chi connectivity index (χ3v) is 3.91. The van der Waals surface area contributed by atoms with Gasteiger partial charge in [0.1, 0.15) is 5.15 Å². The highest BCUT2D eigenvalue weighted by atomic mass is 35.5. The van der Waals surface area contributed by atoms with Crippen molar-refractivity contribution < 1.29 is 0 Å². The standard InChI is InChI=1S/C12H11ClN2S/c13-11-9-3-1-2-4-10(9)14-12(15-11)8-5-6-16-7-8/h5-7H,1-4H2. The molecule has 2 aromatic heterocycles. The molecule has 0 saturated carbocycles. The molecule has 1 aliphatic rings. The van der Waals surface area contributed by atoms with Crippen LogP contribution >= 0.6 is 22.9 Å². The van der Waals surface area contributed by atoms with Gasteiger partial charge in [-0.25, -0.2) is 9.97 Å². The van der Waals surface area contributed by atoms with E-state index in [4.69, 9.17) is 11.6 Å². The summed E-state index contributed by atoms with van der Waals surface area (Å²) in [6, 6.07) is 2.03. The number of aromatic nitrogens is 2. The summed E-state index contributed by atoms with van der Waals surface area (Å²) in [6.07, 6.45) is 4.48. The molecule has 0 aromatic carbocycles. The molecule has 0 spiro atoms. The van der Waals surface area contributed by atoms with E-state index in [-0.39, 0.29) is 0 Å². The Morgan fingerprint density at radius 3 is 2.88 bits per heavy atom. The number of thiophene rings is 1. The van der Waals surface area contributed by atoms with E-state index >= 15 is 0 Å². The van der Waals surface area contributed by atoms with Crippen molar-refractivity contribution >= 4 is 22.9 Å². The minimum Gasteiger partial charge on any atom is -0.233 e. The van der Waals surface area contributed by atoms with Gasteiger partial charge in [0.05, 0.1) is 0 Å². The molecular formula is C12H11ClN2S. The molecule has 0 radical (unpaired) electrons. The molecule has 3 rings (SSSR count). The van der Waals surface area contributed by atoms with Crippen molar-refractivity contribution in [3.63, 3.8) is 0 Å². The number of fused-ring (bicyclic) bond motifs is 1. The zero-order chi connectivity index (χ0) is 11.0. The smallest absolute Gasteiger partial charge is 0.161 e. The second-order valence-corrected chi connectivity index (χ2v) is 5.12. The molecule has 2 nitrogen and oxygen atoms in total. The summed E-state index contributed by atoms with van der Waals surface area (Å²) in [5, 5.41) is 4.73. The Morgan fingerprint density at radius 1 is 1.19 bits per heavy atom. The summed E-state index contributed by atoms with van der Waals surface area (Å²) in [5.74, 6) is 0.770. The molecule has 16 heavy (non-hydrogen) atoms. The molecule has 4 heteroatoms. The normalized spacial score (nSPS) is 14.8. The van der Waals surface area contributed by atoms with Crippen molar-refractivity contribution in [2.45, 2.75) is 25.7 Å². The van der Waals surface area contributed by atoms with Crippen LogP contribution in [-0.4, -0.2) is 9.97 Å². The Balaban J connectivity index is 2.12. The molecule has 0 bridgehead atoms. The third kappa shape index (κ3) is 1.74. The minimum absolute atomic E-state index is 0.644. The van der Waals surface area contributed by atoms with E-state index < -0.39 is 0 Å². The van der Waals surface area contributed by atoms with Crippen molar-refractivity contribution in [3.8, 4) is 11.4 Å². The zero-order valence-electron chi connectivity index (χ0n) is 8.74. The number of nitrogens with zero attached hydrogens (tertiary/aromatic N) is 2. The summed E-state index contributed by atoms with van der Waals surface area (Å²) in [4.78, 5) is 9.02. The van der Waals surface area contributed by atoms with Crippen molar-refractivity contribution in [2.75, 3.05) is 0 Å². The van der Waals surface area contributed by atoms with Gasteiger partial charge >= 0.3 is 0 Å². The van der Waals surface area contributed by atoms with Crippen LogP contribution in [0.5, 0.6) is 0 Å². The van der Waals surface area contributed by atoms with Gasteiger partial charge in [0.25, 0.3) is 0 Å². The lowest BCUT2D eigenvalue weighted by Gasteiger charge is -2.16. The van der Waals surface area contributed by atoms with Crippen LogP contribution in [-0.2, 0) is 12.8 Å². The van der Waals surface area contributed by atoms with Gasteiger partial charge in [0.2, 0.25) is 0 Å². The molecule has 2 heterocycles. The molecule has 0 unspecified atom stereocenters. The van der Waals surface area contributed by atoms with E-state index in [1.165, 1.54) is 12.8 Å². The fourth-order valence-electron chi connectivity index (χ4n) is 2.07. The van der Waals surface area contributed by atoms with Gasteiger partial charge in [-0.2, -0.15) is 11.3 Å². The Hall–Kier alpha value is -0.930. The van der Waals surface area contributed by atoms with Crippen LogP contribution in [0.15, 0.2) is 16.8 Å². The van der Waals surface area contributed by atoms with E-state index in [0.717, 1.165) is 35.5 Å². The van der Waals surface area contributed by atoms with Crippen LogP contribution in [0, 0.1) is 0 Å². The van der Waals surface area contributed by atoms with Gasteiger partial charge in [0.15, 0.2) is 5.82 Å². The van der Waals surface area contributed by atoms with Gasteiger partial charge in [0, 0.05) is 22.2 Å². The predicted molar refractivity (Wildman–Crippen MR) is 67.0 cm³/mol. The van der Waals surface area contributed by atoms with Crippen molar-refractivity contribution in [2.24, 2.45) is 0 Å². The fraction of sp³-hybridized carbons (Fsp3) is 0.333. The van der Waals surface area contributed by atoms with Gasteiger partial charge in [-0.3, -0.25) is 0 Å². The maximum Gasteiger partial charge on any atom is 0.161 e. The first-order valence-corrected chi connectivity index (χ1v) is 6.74. The number of halogens is 1. The maximum atomic E-state index is 6.22. The first-order valence-electron chi connectivity index (χ1n) is 5.42. The van der Waals surface area contributed by atoms with E-state index in [1.807, 2.05) is 11.4 Å². The first-order chi connectivity index (χ1) is 7.84. The highest BCUT2D eigenvalue weighted by Gasteiger charge is 2.17. The Morgan fingerprint density at radius 2 is 2.06 bits per heavy atom. The minimum atomic E-state index is 0.644. The van der Waals surface area contributed by atoms with Crippen molar-refractivity contribution in [3.05, 3.63) is 33.2 Å². The highest BCUT2D eigenvalue weighted by Crippen LogP contribution is 2.28. The van der Waals surface area contributed by atoms with E-state index in [9.17, 15) is 0 Å². The SMILES string of the molecule is Clc1nc(-c2ccsc2)nc2c1CCCC2. The van der Waals surface area contributed by atoms with E-state index in [1.54, 1.807) is 11.3 Å². The molecule has 1 aliphatic carbocycles. The predicted octanol–water partition coefficient (Wildman–Crippen LogP) is 3.74. The Kier molecular flexibility index (Phi) is 2.65. The van der Waals surface area contributed by atoms with Crippen LogP contribution in [0.1, 0.15) is 24.1 Å². The van der Waals surface area contributed by atoms with Crippen molar-refractivity contribution in [1.82, 2.24) is 9.97 Å². The molecule has 0 atom stereocenters. The van der Waals surface area contributed by atoms with Crippen LogP contribution in [0.3, 0.4) is 0 Å². The van der Waals surface area contributed by atoms with E-state index in [2.05, 4.69) is 15.3 Å². The van der Waals surface area contributed by atoms with Gasteiger partial charge < -0.3 is 0 Å². The molecule has 0 N–H and O–H groups in total. The highest BCUT2D eigenvalue weighted by molar-refractivity contribution is 7.08. The Labute approximate surface area is 103 Å². The first kappa shape index (κ1) is 10.2. The van der Waals surface area contributed by atoms with Gasteiger partial charge in [-0.1, -0.05) is 11.6 Å². The van der Waals surface area contributed by atoms with E-state index in [0.29, 0.717) is 5.15 Å². The average Bonchev–Trinajstić information content (AvgIpc) is 2.82. The van der Waals surface area contributed by atoms with Crippen LogP contribution in [0.25, 0.3) is 11.4 Å². The number of rotatable bonds is 1. The van der Waals surface area contributed by atoms with Crippen LogP contribution < -0.4 is 0 Å². The summed E-state index contributed by atoms with van der Waals surface area (Å²) < 4.78 is 0. The Bertz CT molecular complexity index is 508. The average molecular weight is 251 g/mol. The lowest BCUT2D eigenvalue weighted by molar-refractivity contribution is 0.663. The van der Waals surface area contributed by atoms with Crippen molar-refractivity contribution in [1.29, 1.82) is 0 Å². The maximum absolute atomic E-state index is 6.22. The fourth-order valence-corrected chi connectivity index (χ4v) is 2.99. The topological polar surface area (TPSA) is 25.8 Å². The lowest BCUT2D eigenvalue weighted by atomic mass is 9.97. The second kappa shape index (κ2) is 4.15. The quantitative estimate of drug-likeness (QED) is 0.721. The zero-order valence-corrected chi connectivity index (χ0v) is 10.3. The molecular weight excluding hydrogens is 240 g/mol. The lowest BCUT2D eigenvalue weighted by Crippen LogP contribution is -2.08. The summed E-state index contributed by atoms with van der Waals surface area (Å²) in [7, 11) is 0. The molecule has 0 amide bonds. The summed E-state index contributed by atoms with van der Waals surface area (Å²) in [6.45, 7) is 0. The van der Waals surface area contributed by atoms with Gasteiger partial charge in [-0.15, -0.1) is 0 Å². The molecule has 0 aliphatic heterocycles. The summed E-state index contributed by atoms with van der Waals surface area (Å²) in [5.41, 5.74) is 3.37. The molecule has 2 aromatic rings. The van der Waals surface area contributed by atoms with Gasteiger partial charge in [-0.05, 0) is 37.1 Å². The molecule has 0 saturated heterocycles. The largest absolute Gasteiger partial charge is 0.233 e. The summed E-state index contributed by atoms with van der Waals surface area (Å²) >= 11 is 7.87. The molecule has 82 valence electrons. The second-order valence-electron chi connectivity index (χ2n) is 3.98. The van der Waals surface area contributed by atoms with Crippen LogP contribution in [0.2, 0.25) is 5.15 Å². The third-order valence-electron chi connectivity index (χ3n) is 2.91. The number of hydrogen-bond donors (Lipinski definition) is 0. The monoisotopic (exact) mass is 250 g/mol. The number of hydrogen-bond acceptors (Lipinski definition) is 3. The molecule has 0 fully saturated rings. The van der Waals surface area contributed by atoms with Crippen LogP contribution in [0.4, 0.5) is 0 Å². The number of aryl methyl sites for hydroxylation is 1.